The Balaban J connectivity index is 1.55. The van der Waals surface area contributed by atoms with Gasteiger partial charge in [0, 0.05) is 33.6 Å². The van der Waals surface area contributed by atoms with Gasteiger partial charge in [-0.25, -0.2) is 9.37 Å². The van der Waals surface area contributed by atoms with Crippen LogP contribution in [0.4, 0.5) is 4.39 Å². The fraction of sp³-hybridized carbons (Fsp3) is 0.200. The standard InChI is InChI=1S/C30H30FN7S/c1-7-18(12-19(8-2)34-17(3)13-30(4,5)6)26-25(31)24-21(16-33-26)37-38-28(24)29-35-22-15-32-14-20(27(22)36-29)23-10-9-11-39-23/h7-12,14-16,34H,2-3,13H2,1,4-6H3,(H,35,36)(H,37,38)/b18-7+,19-12+. The molecule has 0 spiro atoms. The highest BCUT2D eigenvalue weighted by atomic mass is 32.1. The van der Waals surface area contributed by atoms with Gasteiger partial charge in [-0.05, 0) is 42.4 Å². The van der Waals surface area contributed by atoms with E-state index in [1.807, 2.05) is 36.6 Å². The Morgan fingerprint density at radius 2 is 2.03 bits per heavy atom. The Hall–Kier alpha value is -4.37. The molecule has 0 saturated carbocycles. The first-order chi connectivity index (χ1) is 18.7. The molecule has 0 aliphatic rings. The molecular formula is C30H30FN7S. The maximum atomic E-state index is 16.2. The van der Waals surface area contributed by atoms with E-state index in [0.717, 1.165) is 33.6 Å². The molecule has 0 unspecified atom stereocenters. The highest BCUT2D eigenvalue weighted by molar-refractivity contribution is 7.13. The predicted molar refractivity (Wildman–Crippen MR) is 158 cm³/mol. The molecule has 0 aliphatic carbocycles. The Kier molecular flexibility index (Phi) is 7.01. The third kappa shape index (κ3) is 5.31. The molecule has 0 aliphatic heterocycles. The molecular weight excluding hydrogens is 509 g/mol. The number of H-pyrrole nitrogens is 2. The molecule has 5 aromatic heterocycles. The van der Waals surface area contributed by atoms with Gasteiger partial charge in [-0.2, -0.15) is 5.10 Å². The van der Waals surface area contributed by atoms with Crippen LogP contribution in [0.15, 0.2) is 78.9 Å². The second-order valence-electron chi connectivity index (χ2n) is 10.4. The molecule has 0 saturated heterocycles. The highest BCUT2D eigenvalue weighted by Gasteiger charge is 2.22. The summed E-state index contributed by atoms with van der Waals surface area (Å²) in [7, 11) is 0. The van der Waals surface area contributed by atoms with Crippen LogP contribution in [0.1, 0.15) is 39.8 Å². The van der Waals surface area contributed by atoms with Crippen molar-refractivity contribution in [1.29, 1.82) is 0 Å². The molecule has 5 rings (SSSR count). The van der Waals surface area contributed by atoms with Crippen molar-refractivity contribution >= 4 is 38.8 Å². The number of thiophene rings is 1. The predicted octanol–water partition coefficient (Wildman–Crippen LogP) is 7.78. The minimum Gasteiger partial charge on any atom is -0.359 e. The molecule has 0 aromatic carbocycles. The summed E-state index contributed by atoms with van der Waals surface area (Å²) < 4.78 is 16.2. The summed E-state index contributed by atoms with van der Waals surface area (Å²) in [5, 5.41) is 12.9. The van der Waals surface area contributed by atoms with Crippen LogP contribution in [0.2, 0.25) is 0 Å². The van der Waals surface area contributed by atoms with Crippen LogP contribution < -0.4 is 5.32 Å². The van der Waals surface area contributed by atoms with Gasteiger partial charge in [0.15, 0.2) is 11.6 Å². The van der Waals surface area contributed by atoms with Gasteiger partial charge < -0.3 is 10.3 Å². The van der Waals surface area contributed by atoms with Crippen molar-refractivity contribution in [3.63, 3.8) is 0 Å². The van der Waals surface area contributed by atoms with Crippen molar-refractivity contribution in [2.75, 3.05) is 0 Å². The number of nitrogens with zero attached hydrogens (tertiary/aromatic N) is 4. The number of imidazole rings is 1. The van der Waals surface area contributed by atoms with Crippen LogP contribution in [0.3, 0.4) is 0 Å². The molecule has 5 heterocycles. The van der Waals surface area contributed by atoms with Crippen LogP contribution in [0.25, 0.3) is 49.5 Å². The summed E-state index contributed by atoms with van der Waals surface area (Å²) in [6.45, 7) is 16.3. The highest BCUT2D eigenvalue weighted by Crippen LogP contribution is 2.34. The molecule has 0 atom stereocenters. The van der Waals surface area contributed by atoms with Crippen molar-refractivity contribution < 1.29 is 4.39 Å². The van der Waals surface area contributed by atoms with Gasteiger partial charge in [0.2, 0.25) is 0 Å². The molecule has 198 valence electrons. The van der Waals surface area contributed by atoms with Crippen LogP contribution in [0, 0.1) is 11.2 Å². The van der Waals surface area contributed by atoms with Crippen molar-refractivity contribution in [2.24, 2.45) is 5.41 Å². The number of halogens is 1. The van der Waals surface area contributed by atoms with E-state index in [2.05, 4.69) is 64.4 Å². The average molecular weight is 540 g/mol. The van der Waals surface area contributed by atoms with E-state index < -0.39 is 5.82 Å². The summed E-state index contributed by atoms with van der Waals surface area (Å²) in [5.74, 6) is -0.0443. The smallest absolute Gasteiger partial charge is 0.161 e. The molecule has 3 N–H and O–H groups in total. The van der Waals surface area contributed by atoms with E-state index in [4.69, 9.17) is 4.98 Å². The molecule has 0 amide bonds. The summed E-state index contributed by atoms with van der Waals surface area (Å²) >= 11 is 1.61. The number of rotatable bonds is 8. The quantitative estimate of drug-likeness (QED) is 0.175. The van der Waals surface area contributed by atoms with E-state index in [1.54, 1.807) is 36.0 Å². The van der Waals surface area contributed by atoms with E-state index >= 15 is 4.39 Å². The van der Waals surface area contributed by atoms with Crippen LogP contribution in [-0.4, -0.2) is 30.1 Å². The summed E-state index contributed by atoms with van der Waals surface area (Å²) in [6, 6.07) is 4.01. The number of aromatic amines is 2. The zero-order valence-corrected chi connectivity index (χ0v) is 23.2. The first-order valence-corrected chi connectivity index (χ1v) is 13.4. The number of nitrogens with one attached hydrogen (secondary N) is 3. The topological polar surface area (TPSA) is 95.2 Å². The molecule has 0 fully saturated rings. The lowest BCUT2D eigenvalue weighted by molar-refractivity contribution is 0.403. The minimum atomic E-state index is -0.491. The fourth-order valence-electron chi connectivity index (χ4n) is 4.50. The lowest BCUT2D eigenvalue weighted by Gasteiger charge is -2.21. The second-order valence-corrected chi connectivity index (χ2v) is 11.4. The number of hydrogen-bond donors (Lipinski definition) is 3. The van der Waals surface area contributed by atoms with Gasteiger partial charge in [0.05, 0.1) is 28.8 Å². The van der Waals surface area contributed by atoms with Crippen LogP contribution in [-0.2, 0) is 0 Å². The molecule has 9 heteroatoms. The number of hydrogen-bond acceptors (Lipinski definition) is 6. The van der Waals surface area contributed by atoms with E-state index in [1.165, 1.54) is 0 Å². The van der Waals surface area contributed by atoms with E-state index in [0.29, 0.717) is 33.7 Å². The first-order valence-electron chi connectivity index (χ1n) is 12.5. The lowest BCUT2D eigenvalue weighted by Crippen LogP contribution is -2.16. The summed E-state index contributed by atoms with van der Waals surface area (Å²) in [4.78, 5) is 17.9. The maximum absolute atomic E-state index is 16.2. The Morgan fingerprint density at radius 1 is 1.21 bits per heavy atom. The molecule has 7 nitrogen and oxygen atoms in total. The fourth-order valence-corrected chi connectivity index (χ4v) is 5.23. The third-order valence-corrected chi connectivity index (χ3v) is 7.03. The SMILES string of the molecule is C=C/C(=C\C(=C/C)c1ncc2[nH]nc(-c3nc4c(-c5cccs5)cncc4[nH]3)c2c1F)NC(=C)CC(C)(C)C. The van der Waals surface area contributed by atoms with E-state index in [9.17, 15) is 0 Å². The van der Waals surface area contributed by atoms with Crippen LogP contribution in [0.5, 0.6) is 0 Å². The normalized spacial score (nSPS) is 12.8. The molecule has 39 heavy (non-hydrogen) atoms. The monoisotopic (exact) mass is 539 g/mol. The third-order valence-electron chi connectivity index (χ3n) is 6.13. The van der Waals surface area contributed by atoms with Gasteiger partial charge in [-0.3, -0.25) is 15.1 Å². The zero-order valence-electron chi connectivity index (χ0n) is 22.4. The number of fused-ring (bicyclic) bond motifs is 2. The van der Waals surface area contributed by atoms with Crippen molar-refractivity contribution in [2.45, 2.75) is 34.1 Å². The average Bonchev–Trinajstić information content (AvgIpc) is 3.65. The second kappa shape index (κ2) is 10.4. The largest absolute Gasteiger partial charge is 0.359 e. The number of aromatic nitrogens is 6. The Bertz CT molecular complexity index is 1750. The molecule has 0 bridgehead atoms. The lowest BCUT2D eigenvalue weighted by atomic mass is 9.91. The molecule has 5 aromatic rings. The van der Waals surface area contributed by atoms with Crippen molar-refractivity contribution in [3.05, 3.63) is 90.4 Å². The minimum absolute atomic E-state index is 0.0768. The summed E-state index contributed by atoms with van der Waals surface area (Å²) in [5.41, 5.74) is 5.69. The number of pyridine rings is 2. The van der Waals surface area contributed by atoms with Gasteiger partial charge >= 0.3 is 0 Å². The summed E-state index contributed by atoms with van der Waals surface area (Å²) in [6.07, 6.45) is 11.2. The van der Waals surface area contributed by atoms with Crippen molar-refractivity contribution in [1.82, 2.24) is 35.5 Å². The number of allylic oxidation sites excluding steroid dienone is 5. The van der Waals surface area contributed by atoms with Crippen LogP contribution >= 0.6 is 11.3 Å². The van der Waals surface area contributed by atoms with Gasteiger partial charge in [-0.15, -0.1) is 11.3 Å². The van der Waals surface area contributed by atoms with E-state index in [-0.39, 0.29) is 11.1 Å². The Labute approximate surface area is 230 Å². The Morgan fingerprint density at radius 3 is 2.72 bits per heavy atom. The van der Waals surface area contributed by atoms with Gasteiger partial charge in [-0.1, -0.05) is 46.1 Å². The van der Waals surface area contributed by atoms with Gasteiger partial charge in [0.1, 0.15) is 16.9 Å². The maximum Gasteiger partial charge on any atom is 0.161 e. The van der Waals surface area contributed by atoms with Gasteiger partial charge in [0.25, 0.3) is 0 Å². The molecule has 0 radical (unpaired) electrons. The van der Waals surface area contributed by atoms with Crippen molar-refractivity contribution in [3.8, 4) is 22.0 Å². The zero-order chi connectivity index (χ0) is 27.7. The first kappa shape index (κ1) is 26.2.